The summed E-state index contributed by atoms with van der Waals surface area (Å²) in [5.74, 6) is -0.127. The second kappa shape index (κ2) is 11.3. The van der Waals surface area contributed by atoms with Crippen molar-refractivity contribution in [2.45, 2.75) is 77.3 Å². The summed E-state index contributed by atoms with van der Waals surface area (Å²) in [6, 6.07) is 0.637. The summed E-state index contributed by atoms with van der Waals surface area (Å²) in [6.07, 6.45) is 7.93. The van der Waals surface area contributed by atoms with Crippen LogP contribution >= 0.6 is 0 Å². The van der Waals surface area contributed by atoms with E-state index in [0.29, 0.717) is 37.8 Å². The van der Waals surface area contributed by atoms with Crippen molar-refractivity contribution in [2.75, 3.05) is 39.3 Å². The standard InChI is InChI=1S/C25H40N6O3/c1-19-8-3-4-13-29(19)16-7-12-26-22(32)9-10-23(33)31-17-11-21-20(18-31)24(27-28(21)2)25(34)30-14-5-6-15-30/h19H,3-18H2,1-2H3,(H,26,32). The molecule has 188 valence electrons. The van der Waals surface area contributed by atoms with Crippen LogP contribution in [0.3, 0.4) is 0 Å². The number of hydrogen-bond donors (Lipinski definition) is 1. The molecule has 9 nitrogen and oxygen atoms in total. The molecule has 3 aliphatic rings. The molecule has 0 radical (unpaired) electrons. The quantitative estimate of drug-likeness (QED) is 0.582. The maximum atomic E-state index is 13.0. The number of amides is 3. The summed E-state index contributed by atoms with van der Waals surface area (Å²) >= 11 is 0. The van der Waals surface area contributed by atoms with E-state index >= 15 is 0 Å². The highest BCUT2D eigenvalue weighted by Crippen LogP contribution is 2.25. The molecular weight excluding hydrogens is 432 g/mol. The molecular formula is C25H40N6O3. The smallest absolute Gasteiger partial charge is 0.274 e. The first-order valence-electron chi connectivity index (χ1n) is 13.1. The monoisotopic (exact) mass is 472 g/mol. The van der Waals surface area contributed by atoms with Crippen LogP contribution in [-0.4, -0.2) is 87.5 Å². The van der Waals surface area contributed by atoms with E-state index in [1.807, 2.05) is 11.9 Å². The molecule has 0 bridgehead atoms. The Balaban J connectivity index is 1.22. The van der Waals surface area contributed by atoms with E-state index in [1.165, 1.54) is 19.3 Å². The van der Waals surface area contributed by atoms with Crippen LogP contribution in [0.15, 0.2) is 0 Å². The van der Waals surface area contributed by atoms with Crippen LogP contribution in [0.1, 0.15) is 80.0 Å². The molecule has 0 saturated carbocycles. The number of fused-ring (bicyclic) bond motifs is 1. The predicted molar refractivity (Wildman–Crippen MR) is 129 cm³/mol. The van der Waals surface area contributed by atoms with Crippen LogP contribution in [0.5, 0.6) is 0 Å². The fourth-order valence-electron chi connectivity index (χ4n) is 5.51. The Labute approximate surface area is 202 Å². The Bertz CT molecular complexity index is 891. The van der Waals surface area contributed by atoms with Gasteiger partial charge in [-0.2, -0.15) is 5.10 Å². The van der Waals surface area contributed by atoms with Gasteiger partial charge in [-0.05, 0) is 45.6 Å². The second-order valence-corrected chi connectivity index (χ2v) is 10.0. The highest BCUT2D eigenvalue weighted by atomic mass is 16.2. The van der Waals surface area contributed by atoms with Gasteiger partial charge in [-0.25, -0.2) is 0 Å². The van der Waals surface area contributed by atoms with Crippen LogP contribution in [0.2, 0.25) is 0 Å². The zero-order valence-corrected chi connectivity index (χ0v) is 20.9. The number of nitrogens with zero attached hydrogens (tertiary/aromatic N) is 5. The van der Waals surface area contributed by atoms with Gasteiger partial charge < -0.3 is 20.0 Å². The molecule has 1 aromatic rings. The SMILES string of the molecule is CC1CCCCN1CCCNC(=O)CCC(=O)N1CCc2c(c(C(=O)N3CCCC3)nn2C)C1. The average Bonchev–Trinajstić information content (AvgIpc) is 3.49. The summed E-state index contributed by atoms with van der Waals surface area (Å²) in [5, 5.41) is 7.47. The fraction of sp³-hybridized carbons (Fsp3) is 0.760. The van der Waals surface area contributed by atoms with Crippen molar-refractivity contribution in [3.05, 3.63) is 17.0 Å². The lowest BCUT2D eigenvalue weighted by atomic mass is 10.0. The largest absolute Gasteiger partial charge is 0.356 e. The van der Waals surface area contributed by atoms with Crippen molar-refractivity contribution in [1.82, 2.24) is 29.8 Å². The molecule has 4 rings (SSSR count). The number of carbonyl (C=O) groups is 3. The average molecular weight is 473 g/mol. The molecule has 1 unspecified atom stereocenters. The van der Waals surface area contributed by atoms with Crippen LogP contribution < -0.4 is 5.32 Å². The van der Waals surface area contributed by atoms with E-state index in [1.54, 1.807) is 9.58 Å². The van der Waals surface area contributed by atoms with Gasteiger partial charge in [0, 0.05) is 82.9 Å². The molecule has 0 aromatic carbocycles. The molecule has 3 amide bonds. The summed E-state index contributed by atoms with van der Waals surface area (Å²) < 4.78 is 1.79. The van der Waals surface area contributed by atoms with Gasteiger partial charge in [-0.3, -0.25) is 19.1 Å². The van der Waals surface area contributed by atoms with E-state index in [0.717, 1.165) is 56.7 Å². The lowest BCUT2D eigenvalue weighted by Crippen LogP contribution is -2.39. The summed E-state index contributed by atoms with van der Waals surface area (Å²) in [4.78, 5) is 44.2. The third kappa shape index (κ3) is 5.79. The molecule has 1 aromatic heterocycles. The van der Waals surface area contributed by atoms with Gasteiger partial charge in [-0.1, -0.05) is 6.42 Å². The lowest BCUT2D eigenvalue weighted by molar-refractivity contribution is -0.134. The van der Waals surface area contributed by atoms with Gasteiger partial charge in [0.15, 0.2) is 5.69 Å². The van der Waals surface area contributed by atoms with Crippen molar-refractivity contribution >= 4 is 17.7 Å². The molecule has 1 N–H and O–H groups in total. The molecule has 2 saturated heterocycles. The first-order chi connectivity index (χ1) is 16.4. The summed E-state index contributed by atoms with van der Waals surface area (Å²) in [6.45, 7) is 7.65. The van der Waals surface area contributed by atoms with E-state index in [2.05, 4.69) is 22.2 Å². The minimum atomic E-state index is -0.0657. The minimum Gasteiger partial charge on any atom is -0.356 e. The Morgan fingerprint density at radius 1 is 1.00 bits per heavy atom. The normalized spacial score (nSPS) is 20.9. The number of aryl methyl sites for hydroxylation is 1. The molecule has 3 aliphatic heterocycles. The van der Waals surface area contributed by atoms with Crippen LogP contribution in [0.25, 0.3) is 0 Å². The first kappa shape index (κ1) is 24.7. The van der Waals surface area contributed by atoms with Gasteiger partial charge in [0.2, 0.25) is 11.8 Å². The maximum Gasteiger partial charge on any atom is 0.274 e. The molecule has 34 heavy (non-hydrogen) atoms. The molecule has 9 heteroatoms. The zero-order chi connectivity index (χ0) is 24.1. The van der Waals surface area contributed by atoms with Gasteiger partial charge >= 0.3 is 0 Å². The van der Waals surface area contributed by atoms with Gasteiger partial charge in [-0.15, -0.1) is 0 Å². The highest BCUT2D eigenvalue weighted by molar-refractivity contribution is 5.94. The van der Waals surface area contributed by atoms with E-state index < -0.39 is 0 Å². The van der Waals surface area contributed by atoms with Gasteiger partial charge in [0.1, 0.15) is 0 Å². The van der Waals surface area contributed by atoms with Crippen molar-refractivity contribution in [3.8, 4) is 0 Å². The Morgan fingerprint density at radius 3 is 2.53 bits per heavy atom. The van der Waals surface area contributed by atoms with E-state index in [-0.39, 0.29) is 30.6 Å². The highest BCUT2D eigenvalue weighted by Gasteiger charge is 2.32. The number of likely N-dealkylation sites (tertiary alicyclic amines) is 2. The number of piperidine rings is 1. The molecule has 4 heterocycles. The van der Waals surface area contributed by atoms with E-state index in [9.17, 15) is 14.4 Å². The van der Waals surface area contributed by atoms with Gasteiger partial charge in [0.05, 0.1) is 0 Å². The zero-order valence-electron chi connectivity index (χ0n) is 20.9. The Morgan fingerprint density at radius 2 is 1.76 bits per heavy atom. The lowest BCUT2D eigenvalue weighted by Gasteiger charge is -2.33. The van der Waals surface area contributed by atoms with Crippen molar-refractivity contribution in [3.63, 3.8) is 0 Å². The molecule has 0 spiro atoms. The number of rotatable bonds is 8. The van der Waals surface area contributed by atoms with Crippen LogP contribution in [0.4, 0.5) is 0 Å². The summed E-state index contributed by atoms with van der Waals surface area (Å²) in [5.41, 5.74) is 2.39. The van der Waals surface area contributed by atoms with Crippen molar-refractivity contribution < 1.29 is 14.4 Å². The van der Waals surface area contributed by atoms with Crippen molar-refractivity contribution in [2.24, 2.45) is 7.05 Å². The van der Waals surface area contributed by atoms with Crippen LogP contribution in [-0.2, 0) is 29.6 Å². The topological polar surface area (TPSA) is 90.8 Å². The van der Waals surface area contributed by atoms with Gasteiger partial charge in [0.25, 0.3) is 5.91 Å². The number of nitrogens with one attached hydrogen (secondary N) is 1. The first-order valence-corrected chi connectivity index (χ1v) is 13.1. The Kier molecular flexibility index (Phi) is 8.24. The third-order valence-electron chi connectivity index (χ3n) is 7.64. The number of aromatic nitrogens is 2. The molecule has 0 aliphatic carbocycles. The Hall–Kier alpha value is -2.42. The maximum absolute atomic E-state index is 13.0. The predicted octanol–water partition coefficient (Wildman–Crippen LogP) is 1.70. The minimum absolute atomic E-state index is 0.0260. The second-order valence-electron chi connectivity index (χ2n) is 10.0. The summed E-state index contributed by atoms with van der Waals surface area (Å²) in [7, 11) is 1.87. The van der Waals surface area contributed by atoms with Crippen molar-refractivity contribution in [1.29, 1.82) is 0 Å². The number of hydrogen-bond acceptors (Lipinski definition) is 5. The molecule has 1 atom stereocenters. The number of carbonyl (C=O) groups excluding carboxylic acids is 3. The fourth-order valence-corrected chi connectivity index (χ4v) is 5.51. The van der Waals surface area contributed by atoms with Crippen LogP contribution in [0, 0.1) is 0 Å². The van der Waals surface area contributed by atoms with E-state index in [4.69, 9.17) is 0 Å². The molecule has 2 fully saturated rings. The third-order valence-corrected chi connectivity index (χ3v) is 7.64.